The predicted octanol–water partition coefficient (Wildman–Crippen LogP) is 3.07. The molecular formula is C17H22ClN3O3S. The van der Waals surface area contributed by atoms with Crippen LogP contribution in [0.1, 0.15) is 22.6 Å². The number of anilines is 1. The van der Waals surface area contributed by atoms with Crippen molar-refractivity contribution in [1.82, 2.24) is 9.46 Å². The number of benzene rings is 1. The fraction of sp³-hybridized carbons (Fsp3) is 0.471. The van der Waals surface area contributed by atoms with Crippen LogP contribution in [0.2, 0.25) is 5.02 Å². The lowest BCUT2D eigenvalue weighted by Gasteiger charge is -2.36. The first-order valence-corrected chi connectivity index (χ1v) is 9.98. The van der Waals surface area contributed by atoms with E-state index >= 15 is 0 Å². The molecule has 0 N–H and O–H groups in total. The van der Waals surface area contributed by atoms with Gasteiger partial charge in [-0.25, -0.2) is 8.42 Å². The van der Waals surface area contributed by atoms with E-state index in [1.807, 2.05) is 19.9 Å². The Morgan fingerprint density at radius 1 is 1.08 bits per heavy atom. The molecule has 8 heteroatoms. The lowest BCUT2D eigenvalue weighted by molar-refractivity contribution is 0.378. The molecule has 0 saturated carbocycles. The van der Waals surface area contributed by atoms with Crippen LogP contribution in [0.25, 0.3) is 0 Å². The SMILES string of the molecule is Cc1cc(C)c(N2CCN(S(=O)(=O)c3c(C)noc3C)CC2)c(Cl)c1. The number of hydrogen-bond acceptors (Lipinski definition) is 5. The van der Waals surface area contributed by atoms with Gasteiger partial charge in [0.1, 0.15) is 10.6 Å². The molecule has 2 aromatic rings. The first-order valence-electron chi connectivity index (χ1n) is 8.16. The molecule has 1 aliphatic rings. The predicted molar refractivity (Wildman–Crippen MR) is 97.9 cm³/mol. The highest BCUT2D eigenvalue weighted by molar-refractivity contribution is 7.89. The molecule has 0 atom stereocenters. The van der Waals surface area contributed by atoms with Crippen LogP contribution in [0.5, 0.6) is 0 Å². The maximum atomic E-state index is 12.9. The number of rotatable bonds is 3. The highest BCUT2D eigenvalue weighted by Gasteiger charge is 2.33. The standard InChI is InChI=1S/C17H22ClN3O3S/c1-11-9-12(2)16(15(18)10-11)20-5-7-21(8-6-20)25(22,23)17-13(3)19-24-14(17)4/h9-10H,5-8H2,1-4H3. The summed E-state index contributed by atoms with van der Waals surface area (Å²) in [5.41, 5.74) is 3.61. The van der Waals surface area contributed by atoms with Crippen LogP contribution in [0.15, 0.2) is 21.6 Å². The molecule has 0 radical (unpaired) electrons. The number of sulfonamides is 1. The van der Waals surface area contributed by atoms with Crippen molar-refractivity contribution in [3.8, 4) is 0 Å². The molecule has 0 spiro atoms. The van der Waals surface area contributed by atoms with Gasteiger partial charge in [-0.3, -0.25) is 0 Å². The van der Waals surface area contributed by atoms with Crippen LogP contribution >= 0.6 is 11.6 Å². The van der Waals surface area contributed by atoms with Crippen LogP contribution < -0.4 is 4.90 Å². The van der Waals surface area contributed by atoms with Crippen molar-refractivity contribution in [2.45, 2.75) is 32.6 Å². The molecule has 3 rings (SSSR count). The summed E-state index contributed by atoms with van der Waals surface area (Å²) in [7, 11) is -3.60. The van der Waals surface area contributed by atoms with E-state index in [2.05, 4.69) is 16.1 Å². The number of piperazine rings is 1. The molecule has 2 heterocycles. The Hall–Kier alpha value is -1.57. The van der Waals surface area contributed by atoms with Gasteiger partial charge in [0.2, 0.25) is 10.0 Å². The zero-order chi connectivity index (χ0) is 18.4. The molecule has 1 aliphatic heterocycles. The van der Waals surface area contributed by atoms with Gasteiger partial charge in [-0.05, 0) is 44.9 Å². The molecular weight excluding hydrogens is 362 g/mol. The number of aromatic nitrogens is 1. The summed E-state index contributed by atoms with van der Waals surface area (Å²) < 4.78 is 32.3. The highest BCUT2D eigenvalue weighted by atomic mass is 35.5. The van der Waals surface area contributed by atoms with E-state index in [0.717, 1.165) is 16.8 Å². The average molecular weight is 384 g/mol. The Morgan fingerprint density at radius 2 is 1.72 bits per heavy atom. The van der Waals surface area contributed by atoms with Crippen LogP contribution in [-0.2, 0) is 10.0 Å². The van der Waals surface area contributed by atoms with Gasteiger partial charge in [-0.1, -0.05) is 22.8 Å². The quantitative estimate of drug-likeness (QED) is 0.814. The van der Waals surface area contributed by atoms with E-state index < -0.39 is 10.0 Å². The largest absolute Gasteiger partial charge is 0.367 e. The van der Waals surface area contributed by atoms with Gasteiger partial charge in [-0.2, -0.15) is 4.31 Å². The first-order chi connectivity index (χ1) is 11.7. The summed E-state index contributed by atoms with van der Waals surface area (Å²) in [6.07, 6.45) is 0. The van der Waals surface area contributed by atoms with Crippen LogP contribution in [0.4, 0.5) is 5.69 Å². The van der Waals surface area contributed by atoms with Gasteiger partial charge in [0.15, 0.2) is 5.76 Å². The molecule has 0 aliphatic carbocycles. The van der Waals surface area contributed by atoms with Crippen LogP contribution in [0, 0.1) is 27.7 Å². The van der Waals surface area contributed by atoms with Gasteiger partial charge in [0.05, 0.1) is 10.7 Å². The molecule has 1 aromatic heterocycles. The molecule has 1 saturated heterocycles. The summed E-state index contributed by atoms with van der Waals surface area (Å²) in [5.74, 6) is 0.331. The fourth-order valence-electron chi connectivity index (χ4n) is 3.43. The van der Waals surface area contributed by atoms with E-state index in [1.54, 1.807) is 13.8 Å². The Kier molecular flexibility index (Phi) is 4.83. The van der Waals surface area contributed by atoms with E-state index in [-0.39, 0.29) is 4.90 Å². The van der Waals surface area contributed by atoms with Gasteiger partial charge in [0, 0.05) is 26.2 Å². The summed E-state index contributed by atoms with van der Waals surface area (Å²) in [4.78, 5) is 2.33. The fourth-order valence-corrected chi connectivity index (χ4v) is 5.59. The Balaban J connectivity index is 1.81. The van der Waals surface area contributed by atoms with Crippen molar-refractivity contribution in [1.29, 1.82) is 0 Å². The maximum absolute atomic E-state index is 12.9. The Bertz CT molecular complexity index is 857. The summed E-state index contributed by atoms with van der Waals surface area (Å²) >= 11 is 6.42. The summed E-state index contributed by atoms with van der Waals surface area (Å²) in [6, 6.07) is 4.03. The molecule has 136 valence electrons. The molecule has 0 unspecified atom stereocenters. The highest BCUT2D eigenvalue weighted by Crippen LogP contribution is 2.32. The minimum absolute atomic E-state index is 0.186. The summed E-state index contributed by atoms with van der Waals surface area (Å²) in [6.45, 7) is 9.29. The molecule has 0 bridgehead atoms. The van der Waals surface area contributed by atoms with Crippen molar-refractivity contribution in [3.05, 3.63) is 39.7 Å². The van der Waals surface area contributed by atoms with E-state index in [1.165, 1.54) is 4.31 Å². The average Bonchev–Trinajstić information content (AvgIpc) is 2.86. The van der Waals surface area contributed by atoms with Gasteiger partial charge < -0.3 is 9.42 Å². The van der Waals surface area contributed by atoms with Crippen molar-refractivity contribution in [3.63, 3.8) is 0 Å². The van der Waals surface area contributed by atoms with Gasteiger partial charge in [0.25, 0.3) is 0 Å². The number of hydrogen-bond donors (Lipinski definition) is 0. The molecule has 25 heavy (non-hydrogen) atoms. The number of aryl methyl sites for hydroxylation is 4. The minimum Gasteiger partial charge on any atom is -0.367 e. The second kappa shape index (κ2) is 6.63. The molecule has 1 fully saturated rings. The number of halogens is 1. The molecule has 0 amide bonds. The van der Waals surface area contributed by atoms with Crippen molar-refractivity contribution >= 4 is 27.3 Å². The minimum atomic E-state index is -3.60. The maximum Gasteiger partial charge on any atom is 0.248 e. The third-order valence-corrected chi connectivity index (χ3v) is 6.95. The lowest BCUT2D eigenvalue weighted by Crippen LogP contribution is -2.49. The van der Waals surface area contributed by atoms with Crippen LogP contribution in [0.3, 0.4) is 0 Å². The zero-order valence-corrected chi connectivity index (χ0v) is 16.4. The normalized spacial score (nSPS) is 16.4. The molecule has 1 aromatic carbocycles. The Morgan fingerprint density at radius 3 is 2.24 bits per heavy atom. The third kappa shape index (κ3) is 3.28. The second-order valence-corrected chi connectivity index (χ2v) is 8.74. The summed E-state index contributed by atoms with van der Waals surface area (Å²) in [5, 5.41) is 4.47. The molecule has 6 nitrogen and oxygen atoms in total. The smallest absolute Gasteiger partial charge is 0.248 e. The second-order valence-electron chi connectivity index (χ2n) is 6.46. The Labute approximate surface area is 153 Å². The van der Waals surface area contributed by atoms with E-state index in [0.29, 0.717) is 42.7 Å². The lowest BCUT2D eigenvalue weighted by atomic mass is 10.1. The number of nitrogens with zero attached hydrogens (tertiary/aromatic N) is 3. The topological polar surface area (TPSA) is 66.7 Å². The monoisotopic (exact) mass is 383 g/mol. The van der Waals surface area contributed by atoms with Crippen LogP contribution in [-0.4, -0.2) is 44.1 Å². The van der Waals surface area contributed by atoms with Crippen molar-refractivity contribution < 1.29 is 12.9 Å². The van der Waals surface area contributed by atoms with Crippen molar-refractivity contribution in [2.24, 2.45) is 0 Å². The first kappa shape index (κ1) is 18.2. The van der Waals surface area contributed by atoms with Gasteiger partial charge >= 0.3 is 0 Å². The van der Waals surface area contributed by atoms with Gasteiger partial charge in [-0.15, -0.1) is 0 Å². The van der Waals surface area contributed by atoms with Crippen molar-refractivity contribution in [2.75, 3.05) is 31.1 Å². The zero-order valence-electron chi connectivity index (χ0n) is 14.8. The van der Waals surface area contributed by atoms with E-state index in [9.17, 15) is 8.42 Å². The third-order valence-electron chi connectivity index (χ3n) is 4.52. The van der Waals surface area contributed by atoms with E-state index in [4.69, 9.17) is 16.1 Å².